The smallest absolute Gasteiger partial charge is 0.253 e. The molecule has 0 fully saturated rings. The van der Waals surface area contributed by atoms with Crippen LogP contribution in [0.2, 0.25) is 0 Å². The highest BCUT2D eigenvalue weighted by Gasteiger charge is 2.08. The summed E-state index contributed by atoms with van der Waals surface area (Å²) in [7, 11) is 6.91. The maximum absolute atomic E-state index is 12.0. The van der Waals surface area contributed by atoms with Gasteiger partial charge in [-0.1, -0.05) is 18.2 Å². The third-order valence-corrected chi connectivity index (χ3v) is 4.75. The first-order valence-electron chi connectivity index (χ1n) is 10.5. The molecule has 0 spiro atoms. The van der Waals surface area contributed by atoms with Crippen LogP contribution in [-0.2, 0) is 13.0 Å². The molecule has 2 aromatic carbocycles. The Bertz CT molecular complexity index is 870. The second kappa shape index (κ2) is 14.5. The van der Waals surface area contributed by atoms with E-state index >= 15 is 0 Å². The van der Waals surface area contributed by atoms with Crippen LogP contribution >= 0.6 is 24.0 Å². The molecule has 0 unspecified atom stereocenters. The minimum atomic E-state index is 0. The standard InChI is InChI=1S/C24H34N4O3.HI/c1-6-31-22-16-18(11-14-21(22)30-5)8-7-15-26-24(25-2)27-17-19-9-12-20(13-10-19)23(29)28(3)4;/h9-14,16H,6-8,15,17H2,1-5H3,(H2,25,26,27);1H. The molecule has 0 saturated heterocycles. The van der Waals surface area contributed by atoms with E-state index in [0.717, 1.165) is 42.4 Å². The lowest BCUT2D eigenvalue weighted by Gasteiger charge is -2.14. The lowest BCUT2D eigenvalue weighted by molar-refractivity contribution is 0.0827. The number of carbonyl (C=O) groups excluding carboxylic acids is 1. The van der Waals surface area contributed by atoms with Crippen molar-refractivity contribution >= 4 is 35.8 Å². The molecule has 8 heteroatoms. The van der Waals surface area contributed by atoms with Gasteiger partial charge in [-0.25, -0.2) is 0 Å². The number of hydrogen-bond acceptors (Lipinski definition) is 4. The number of guanidine groups is 1. The number of amides is 1. The van der Waals surface area contributed by atoms with Crippen LogP contribution < -0.4 is 20.1 Å². The summed E-state index contributed by atoms with van der Waals surface area (Å²) in [5.41, 5.74) is 2.98. The average molecular weight is 554 g/mol. The summed E-state index contributed by atoms with van der Waals surface area (Å²) in [5, 5.41) is 6.64. The number of rotatable bonds is 10. The fourth-order valence-electron chi connectivity index (χ4n) is 3.07. The van der Waals surface area contributed by atoms with E-state index in [1.807, 2.05) is 43.3 Å². The number of carbonyl (C=O) groups is 1. The third-order valence-electron chi connectivity index (χ3n) is 4.75. The van der Waals surface area contributed by atoms with Crippen molar-refractivity contribution < 1.29 is 14.3 Å². The quantitative estimate of drug-likeness (QED) is 0.203. The van der Waals surface area contributed by atoms with E-state index < -0.39 is 0 Å². The van der Waals surface area contributed by atoms with Crippen LogP contribution in [0.1, 0.15) is 34.8 Å². The minimum Gasteiger partial charge on any atom is -0.493 e. The number of halogens is 1. The molecular weight excluding hydrogens is 519 g/mol. The molecule has 0 radical (unpaired) electrons. The zero-order valence-corrected chi connectivity index (χ0v) is 21.9. The topological polar surface area (TPSA) is 75.2 Å². The van der Waals surface area contributed by atoms with Crippen LogP contribution in [0.3, 0.4) is 0 Å². The molecule has 0 aromatic heterocycles. The van der Waals surface area contributed by atoms with Gasteiger partial charge in [-0.2, -0.15) is 0 Å². The Labute approximate surface area is 208 Å². The Morgan fingerprint density at radius 1 is 1.03 bits per heavy atom. The van der Waals surface area contributed by atoms with Crippen LogP contribution in [0.4, 0.5) is 0 Å². The Kier molecular flexibility index (Phi) is 12.5. The molecule has 0 saturated carbocycles. The van der Waals surface area contributed by atoms with E-state index in [4.69, 9.17) is 9.47 Å². The zero-order valence-electron chi connectivity index (χ0n) is 19.6. The molecule has 7 nitrogen and oxygen atoms in total. The number of methoxy groups -OCH3 is 1. The van der Waals surface area contributed by atoms with E-state index in [-0.39, 0.29) is 29.9 Å². The van der Waals surface area contributed by atoms with Crippen LogP contribution in [0.15, 0.2) is 47.5 Å². The Morgan fingerprint density at radius 2 is 1.72 bits per heavy atom. The van der Waals surface area contributed by atoms with Gasteiger partial charge in [0, 0.05) is 39.8 Å². The van der Waals surface area contributed by atoms with Crippen molar-refractivity contribution in [3.05, 3.63) is 59.2 Å². The van der Waals surface area contributed by atoms with Gasteiger partial charge in [0.1, 0.15) is 0 Å². The SMILES string of the molecule is CCOc1cc(CCCNC(=NC)NCc2ccc(C(=O)N(C)C)cc2)ccc1OC.I. The van der Waals surface area contributed by atoms with Crippen LogP contribution in [0.25, 0.3) is 0 Å². The first-order chi connectivity index (χ1) is 15.0. The Hall–Kier alpha value is -2.49. The average Bonchev–Trinajstić information content (AvgIpc) is 2.78. The predicted octanol–water partition coefficient (Wildman–Crippen LogP) is 3.71. The predicted molar refractivity (Wildman–Crippen MR) is 141 cm³/mol. The molecule has 176 valence electrons. The summed E-state index contributed by atoms with van der Waals surface area (Å²) in [6.45, 7) is 4.00. The highest BCUT2D eigenvalue weighted by atomic mass is 127. The van der Waals surface area contributed by atoms with Crippen LogP contribution in [-0.4, -0.2) is 58.2 Å². The fourth-order valence-corrected chi connectivity index (χ4v) is 3.07. The normalized spacial score (nSPS) is 10.7. The van der Waals surface area contributed by atoms with Crippen LogP contribution in [0, 0.1) is 0 Å². The van der Waals surface area contributed by atoms with E-state index in [1.165, 1.54) is 5.56 Å². The highest BCUT2D eigenvalue weighted by molar-refractivity contribution is 14.0. The van der Waals surface area contributed by atoms with E-state index in [2.05, 4.69) is 21.7 Å². The molecule has 1 amide bonds. The molecule has 0 atom stereocenters. The van der Waals surface area contributed by atoms with Gasteiger partial charge in [0.2, 0.25) is 0 Å². The summed E-state index contributed by atoms with van der Waals surface area (Å²) in [4.78, 5) is 17.8. The molecule has 0 bridgehead atoms. The molecule has 0 aliphatic rings. The van der Waals surface area contributed by atoms with Gasteiger partial charge in [-0.05, 0) is 55.2 Å². The monoisotopic (exact) mass is 554 g/mol. The van der Waals surface area contributed by atoms with Crippen LogP contribution in [0.5, 0.6) is 11.5 Å². The van der Waals surface area contributed by atoms with Crippen molar-refractivity contribution in [3.63, 3.8) is 0 Å². The molecule has 2 N–H and O–H groups in total. The Morgan fingerprint density at radius 3 is 2.31 bits per heavy atom. The van der Waals surface area contributed by atoms with E-state index in [0.29, 0.717) is 18.7 Å². The number of nitrogens with zero attached hydrogens (tertiary/aromatic N) is 2. The number of nitrogens with one attached hydrogen (secondary N) is 2. The van der Waals surface area contributed by atoms with Gasteiger partial charge < -0.3 is 25.0 Å². The molecule has 2 aromatic rings. The summed E-state index contributed by atoms with van der Waals surface area (Å²) in [6, 6.07) is 13.7. The molecule has 32 heavy (non-hydrogen) atoms. The maximum atomic E-state index is 12.0. The largest absolute Gasteiger partial charge is 0.493 e. The summed E-state index contributed by atoms with van der Waals surface area (Å²) in [6.07, 6.45) is 1.88. The van der Waals surface area contributed by atoms with Crippen molar-refractivity contribution in [1.29, 1.82) is 0 Å². The highest BCUT2D eigenvalue weighted by Crippen LogP contribution is 2.28. The molecular formula is C24H35IN4O3. The number of aryl methyl sites for hydroxylation is 1. The fraction of sp³-hybridized carbons (Fsp3) is 0.417. The first kappa shape index (κ1) is 27.5. The van der Waals surface area contributed by atoms with Crippen molar-refractivity contribution in [2.75, 3.05) is 41.4 Å². The summed E-state index contributed by atoms with van der Waals surface area (Å²) < 4.78 is 11.0. The lowest BCUT2D eigenvalue weighted by Crippen LogP contribution is -2.37. The second-order valence-corrected chi connectivity index (χ2v) is 7.27. The van der Waals surface area contributed by atoms with Crippen molar-refractivity contribution in [3.8, 4) is 11.5 Å². The zero-order chi connectivity index (χ0) is 22.6. The third kappa shape index (κ3) is 8.57. The number of benzene rings is 2. The molecule has 0 aliphatic heterocycles. The molecule has 0 aliphatic carbocycles. The Balaban J connectivity index is 0.00000512. The van der Waals surface area contributed by atoms with Gasteiger partial charge in [0.15, 0.2) is 17.5 Å². The van der Waals surface area contributed by atoms with Gasteiger partial charge in [-0.15, -0.1) is 24.0 Å². The first-order valence-corrected chi connectivity index (χ1v) is 10.5. The number of aliphatic imine (C=N–C) groups is 1. The molecule has 2 rings (SSSR count). The number of hydrogen-bond donors (Lipinski definition) is 2. The number of ether oxygens (including phenoxy) is 2. The van der Waals surface area contributed by atoms with Gasteiger partial charge >= 0.3 is 0 Å². The van der Waals surface area contributed by atoms with Gasteiger partial charge in [-0.3, -0.25) is 9.79 Å². The second-order valence-electron chi connectivity index (χ2n) is 7.27. The van der Waals surface area contributed by atoms with Crippen molar-refractivity contribution in [2.24, 2.45) is 4.99 Å². The van der Waals surface area contributed by atoms with Gasteiger partial charge in [0.05, 0.1) is 13.7 Å². The minimum absolute atomic E-state index is 0. The van der Waals surface area contributed by atoms with Crippen molar-refractivity contribution in [1.82, 2.24) is 15.5 Å². The summed E-state index contributed by atoms with van der Waals surface area (Å²) in [5.74, 6) is 2.29. The summed E-state index contributed by atoms with van der Waals surface area (Å²) >= 11 is 0. The van der Waals surface area contributed by atoms with E-state index in [1.54, 1.807) is 33.2 Å². The van der Waals surface area contributed by atoms with Crippen molar-refractivity contribution in [2.45, 2.75) is 26.3 Å². The molecule has 0 heterocycles. The maximum Gasteiger partial charge on any atom is 0.253 e. The lowest BCUT2D eigenvalue weighted by atomic mass is 10.1. The van der Waals surface area contributed by atoms with E-state index in [9.17, 15) is 4.79 Å². The van der Waals surface area contributed by atoms with Gasteiger partial charge in [0.25, 0.3) is 5.91 Å².